The number of nitrogens with one attached hydrogen (secondary N) is 2. The first-order chi connectivity index (χ1) is 11.7. The summed E-state index contributed by atoms with van der Waals surface area (Å²) < 4.78 is 5.58. The molecule has 5 atom stereocenters. The Bertz CT molecular complexity index is 542. The molecule has 0 bridgehead atoms. The Morgan fingerprint density at radius 2 is 1.92 bits per heavy atom. The van der Waals surface area contributed by atoms with Crippen molar-refractivity contribution in [1.82, 2.24) is 10.7 Å². The molecule has 0 aromatic heterocycles. The fraction of sp³-hybridized carbons (Fsp3) is 0.833. The molecule has 6 heteroatoms. The maximum atomic E-state index is 12.8. The average molecular weight is 350 g/mol. The highest BCUT2D eigenvalue weighted by molar-refractivity contribution is 7.80. The van der Waals surface area contributed by atoms with Gasteiger partial charge in [-0.25, -0.2) is 0 Å². The minimum Gasteiger partial charge on any atom is -0.376 e. The minimum atomic E-state index is 0.225. The van der Waals surface area contributed by atoms with Gasteiger partial charge in [-0.05, 0) is 49.7 Å². The Morgan fingerprint density at radius 1 is 1.12 bits per heavy atom. The predicted octanol–water partition coefficient (Wildman–Crippen LogP) is 2.40. The van der Waals surface area contributed by atoms with E-state index in [2.05, 4.69) is 15.8 Å². The number of hydrogen-bond acceptors (Lipinski definition) is 4. The lowest BCUT2D eigenvalue weighted by Crippen LogP contribution is -2.38. The maximum Gasteiger partial charge on any atom is 0.187 e. The molecule has 3 aliphatic carbocycles. The molecule has 0 aromatic rings. The number of rotatable bonds is 3. The number of ketones is 1. The second kappa shape index (κ2) is 7.08. The van der Waals surface area contributed by atoms with E-state index in [1.54, 1.807) is 0 Å². The van der Waals surface area contributed by atoms with Gasteiger partial charge in [0.2, 0.25) is 0 Å². The molecule has 4 aliphatic rings. The van der Waals surface area contributed by atoms with Crippen LogP contribution < -0.4 is 10.7 Å². The van der Waals surface area contributed by atoms with Gasteiger partial charge in [0.25, 0.3) is 0 Å². The number of Topliss-reactive ketones (excluding diaryl/α,β-unsaturated/α-hetero) is 1. The summed E-state index contributed by atoms with van der Waals surface area (Å²) in [5, 5.41) is 8.12. The molecule has 0 amide bonds. The van der Waals surface area contributed by atoms with Gasteiger partial charge in [0.15, 0.2) is 10.9 Å². The third kappa shape index (κ3) is 3.10. The quantitative estimate of drug-likeness (QED) is 0.605. The van der Waals surface area contributed by atoms with E-state index < -0.39 is 0 Å². The highest BCUT2D eigenvalue weighted by Gasteiger charge is 2.53. The lowest BCUT2D eigenvalue weighted by Gasteiger charge is -2.39. The van der Waals surface area contributed by atoms with Crippen LogP contribution in [0.5, 0.6) is 0 Å². The van der Waals surface area contributed by atoms with E-state index in [1.807, 2.05) is 0 Å². The van der Waals surface area contributed by atoms with Crippen molar-refractivity contribution in [3.8, 4) is 0 Å². The first kappa shape index (κ1) is 16.5. The molecule has 132 valence electrons. The van der Waals surface area contributed by atoms with Gasteiger partial charge in [-0.3, -0.25) is 10.2 Å². The lowest BCUT2D eigenvalue weighted by molar-refractivity contribution is -0.118. The molecule has 1 heterocycles. The van der Waals surface area contributed by atoms with Crippen LogP contribution in [0.2, 0.25) is 0 Å². The molecule has 4 fully saturated rings. The Labute approximate surface area is 149 Å². The second-order valence-corrected chi connectivity index (χ2v) is 8.14. The third-order valence-electron chi connectivity index (χ3n) is 6.39. The molecular formula is C18H27N3O2S. The lowest BCUT2D eigenvalue weighted by atomic mass is 9.65. The zero-order chi connectivity index (χ0) is 16.5. The number of carbonyl (C=O) groups is 1. The summed E-state index contributed by atoms with van der Waals surface area (Å²) in [6, 6.07) is 0. The summed E-state index contributed by atoms with van der Waals surface area (Å²) in [4.78, 5) is 12.8. The van der Waals surface area contributed by atoms with Crippen LogP contribution in [0.3, 0.4) is 0 Å². The molecule has 2 N–H and O–H groups in total. The van der Waals surface area contributed by atoms with Crippen molar-refractivity contribution in [2.75, 3.05) is 13.2 Å². The number of carbonyl (C=O) groups excluding carboxylic acids is 1. The van der Waals surface area contributed by atoms with E-state index in [0.29, 0.717) is 23.5 Å². The van der Waals surface area contributed by atoms with E-state index in [0.717, 1.165) is 43.9 Å². The van der Waals surface area contributed by atoms with Crippen LogP contribution in [0.15, 0.2) is 5.10 Å². The van der Waals surface area contributed by atoms with Gasteiger partial charge in [0.05, 0.1) is 6.10 Å². The zero-order valence-electron chi connectivity index (χ0n) is 14.1. The molecule has 4 rings (SSSR count). The van der Waals surface area contributed by atoms with Gasteiger partial charge < -0.3 is 10.1 Å². The predicted molar refractivity (Wildman–Crippen MR) is 96.8 cm³/mol. The minimum absolute atomic E-state index is 0.225. The van der Waals surface area contributed by atoms with Crippen molar-refractivity contribution < 1.29 is 9.53 Å². The zero-order valence-corrected chi connectivity index (χ0v) is 14.9. The summed E-state index contributed by atoms with van der Waals surface area (Å²) in [5.74, 6) is 2.15. The summed E-state index contributed by atoms with van der Waals surface area (Å²) in [5.41, 5.74) is 3.69. The molecule has 0 spiro atoms. The van der Waals surface area contributed by atoms with Crippen LogP contribution in [0, 0.1) is 23.7 Å². The van der Waals surface area contributed by atoms with Crippen LogP contribution in [0.1, 0.15) is 51.4 Å². The Balaban J connectivity index is 1.38. The van der Waals surface area contributed by atoms with E-state index in [1.165, 1.54) is 25.7 Å². The van der Waals surface area contributed by atoms with Crippen molar-refractivity contribution in [2.24, 2.45) is 28.8 Å². The average Bonchev–Trinajstić information content (AvgIpc) is 3.21. The van der Waals surface area contributed by atoms with Crippen molar-refractivity contribution in [1.29, 1.82) is 0 Å². The number of nitrogens with zero attached hydrogens (tertiary/aromatic N) is 1. The summed E-state index contributed by atoms with van der Waals surface area (Å²) in [6.45, 7) is 1.55. The third-order valence-corrected chi connectivity index (χ3v) is 6.62. The normalized spacial score (nSPS) is 39.8. The van der Waals surface area contributed by atoms with Gasteiger partial charge in [0.1, 0.15) is 5.71 Å². The number of hydrogen-bond donors (Lipinski definition) is 2. The molecule has 1 aliphatic heterocycles. The number of thiocarbonyl (C=S) groups is 1. The van der Waals surface area contributed by atoms with Crippen LogP contribution in [-0.2, 0) is 9.53 Å². The first-order valence-corrected chi connectivity index (χ1v) is 9.92. The molecule has 3 saturated carbocycles. The van der Waals surface area contributed by atoms with E-state index in [-0.39, 0.29) is 17.8 Å². The van der Waals surface area contributed by atoms with Gasteiger partial charge in [-0.15, -0.1) is 0 Å². The van der Waals surface area contributed by atoms with Gasteiger partial charge in [-0.2, -0.15) is 5.10 Å². The molecule has 4 unspecified atom stereocenters. The van der Waals surface area contributed by atoms with Crippen LogP contribution in [0.4, 0.5) is 0 Å². The molecular weight excluding hydrogens is 322 g/mol. The monoisotopic (exact) mass is 349 g/mol. The van der Waals surface area contributed by atoms with Crippen LogP contribution in [0.25, 0.3) is 0 Å². The SMILES string of the molecule is O=C1/C(=N\NC(=S)NC[C@@H]2CCCO2)C2CCCC3CCCC1C32. The van der Waals surface area contributed by atoms with E-state index in [4.69, 9.17) is 17.0 Å². The largest absolute Gasteiger partial charge is 0.376 e. The Kier molecular flexibility index (Phi) is 4.86. The number of ether oxygens (including phenoxy) is 1. The Hall–Kier alpha value is -1.01. The molecule has 0 aromatic carbocycles. The van der Waals surface area contributed by atoms with Gasteiger partial charge >= 0.3 is 0 Å². The van der Waals surface area contributed by atoms with Crippen LogP contribution in [-0.4, -0.2) is 35.9 Å². The second-order valence-electron chi connectivity index (χ2n) is 7.73. The van der Waals surface area contributed by atoms with Crippen molar-refractivity contribution in [2.45, 2.75) is 57.5 Å². The summed E-state index contributed by atoms with van der Waals surface area (Å²) in [6.07, 6.45) is 9.63. The fourth-order valence-corrected chi connectivity index (χ4v) is 5.48. The van der Waals surface area contributed by atoms with Gasteiger partial charge in [-0.1, -0.05) is 25.7 Å². The Morgan fingerprint density at radius 3 is 2.67 bits per heavy atom. The van der Waals surface area contributed by atoms with Crippen molar-refractivity contribution in [3.63, 3.8) is 0 Å². The molecule has 0 radical (unpaired) electrons. The standard InChI is InChI=1S/C18H27N3O2S/c22-17-14-8-2-5-11-4-1-7-13(15(11)14)16(17)20-21-18(24)19-10-12-6-3-9-23-12/h11-15H,1-10H2,(H2,19,21,24)/b20-16-/t11?,12-,13?,14?,15?/m0/s1. The van der Waals surface area contributed by atoms with E-state index in [9.17, 15) is 4.79 Å². The van der Waals surface area contributed by atoms with E-state index >= 15 is 0 Å². The van der Waals surface area contributed by atoms with Crippen molar-refractivity contribution >= 4 is 28.8 Å². The number of hydrazone groups is 1. The maximum absolute atomic E-state index is 12.8. The van der Waals surface area contributed by atoms with Crippen molar-refractivity contribution in [3.05, 3.63) is 0 Å². The first-order valence-electron chi connectivity index (χ1n) is 9.51. The molecule has 1 saturated heterocycles. The summed E-state index contributed by atoms with van der Waals surface area (Å²) in [7, 11) is 0. The summed E-state index contributed by atoms with van der Waals surface area (Å²) >= 11 is 5.31. The smallest absolute Gasteiger partial charge is 0.187 e. The topological polar surface area (TPSA) is 62.7 Å². The van der Waals surface area contributed by atoms with Gasteiger partial charge in [0, 0.05) is 25.0 Å². The molecule has 5 nitrogen and oxygen atoms in total. The highest BCUT2D eigenvalue weighted by atomic mass is 32.1. The molecule has 24 heavy (non-hydrogen) atoms. The van der Waals surface area contributed by atoms with Crippen LogP contribution >= 0.6 is 12.2 Å². The fourth-order valence-electron chi connectivity index (χ4n) is 5.35. The highest BCUT2D eigenvalue weighted by Crippen LogP contribution is 2.51.